The van der Waals surface area contributed by atoms with Gasteiger partial charge in [0.05, 0.1) is 22.0 Å². The molecule has 2 unspecified atom stereocenters. The summed E-state index contributed by atoms with van der Waals surface area (Å²) in [6, 6.07) is 5.86. The number of alkyl halides is 1. The van der Waals surface area contributed by atoms with Gasteiger partial charge in [0.15, 0.2) is 0 Å². The van der Waals surface area contributed by atoms with Crippen molar-refractivity contribution in [2.75, 3.05) is 0 Å². The highest BCUT2D eigenvalue weighted by Gasteiger charge is 2.40. The molecule has 1 saturated carbocycles. The van der Waals surface area contributed by atoms with Crippen molar-refractivity contribution in [1.29, 1.82) is 0 Å². The van der Waals surface area contributed by atoms with Gasteiger partial charge in [-0.05, 0) is 28.8 Å². The summed E-state index contributed by atoms with van der Waals surface area (Å²) in [6.45, 7) is 1.40. The van der Waals surface area contributed by atoms with E-state index in [-0.39, 0.29) is 27.9 Å². The van der Waals surface area contributed by atoms with Crippen LogP contribution >= 0.6 is 11.6 Å². The number of nitrogens with one attached hydrogen (secondary N) is 1. The number of aromatic carboxylic acids is 1. The van der Waals surface area contributed by atoms with E-state index in [1.807, 2.05) is 12.1 Å². The summed E-state index contributed by atoms with van der Waals surface area (Å²) in [6.07, 6.45) is 0.125. The van der Waals surface area contributed by atoms with Gasteiger partial charge in [0.1, 0.15) is 17.6 Å². The molecule has 2 atom stereocenters. The van der Waals surface area contributed by atoms with Gasteiger partial charge in [0.25, 0.3) is 0 Å². The molecule has 1 fully saturated rings. The molecule has 0 amide bonds. The molecule has 2 heterocycles. The third kappa shape index (κ3) is 2.76. The molecular weight excluding hydrogens is 402 g/mol. The Morgan fingerprint density at radius 1 is 1.24 bits per heavy atom. The first-order valence-corrected chi connectivity index (χ1v) is 9.51. The van der Waals surface area contributed by atoms with Crippen LogP contribution < -0.4 is 10.7 Å². The quantitative estimate of drug-likeness (QED) is 0.676. The summed E-state index contributed by atoms with van der Waals surface area (Å²) in [5.74, 6) is -2.18. The van der Waals surface area contributed by atoms with Crippen LogP contribution in [-0.4, -0.2) is 21.8 Å². The second-order valence-electron chi connectivity index (χ2n) is 7.43. The second kappa shape index (κ2) is 6.37. The first-order valence-electron chi connectivity index (χ1n) is 9.14. The number of halogens is 3. The van der Waals surface area contributed by atoms with Crippen LogP contribution in [0.5, 0.6) is 0 Å². The van der Waals surface area contributed by atoms with Gasteiger partial charge < -0.3 is 15.0 Å². The number of nitrogens with zero attached hydrogens (tertiary/aromatic N) is 1. The summed E-state index contributed by atoms with van der Waals surface area (Å²) >= 11 is 6.58. The van der Waals surface area contributed by atoms with Crippen molar-refractivity contribution in [2.24, 2.45) is 0 Å². The lowest BCUT2D eigenvalue weighted by atomic mass is 9.98. The minimum absolute atomic E-state index is 0.0287. The Hall–Kier alpha value is -2.77. The lowest BCUT2D eigenvalue weighted by molar-refractivity contribution is 0.0694. The average Bonchev–Trinajstić information content (AvgIpc) is 3.21. The molecule has 29 heavy (non-hydrogen) atoms. The van der Waals surface area contributed by atoms with Gasteiger partial charge in [0.2, 0.25) is 5.43 Å². The van der Waals surface area contributed by atoms with E-state index < -0.39 is 35.0 Å². The number of rotatable bonds is 3. The molecule has 1 aromatic heterocycles. The zero-order valence-corrected chi connectivity index (χ0v) is 15.8. The summed E-state index contributed by atoms with van der Waals surface area (Å²) < 4.78 is 30.3. The van der Waals surface area contributed by atoms with E-state index in [1.165, 1.54) is 4.57 Å². The van der Waals surface area contributed by atoms with Crippen molar-refractivity contribution >= 4 is 28.5 Å². The van der Waals surface area contributed by atoms with Crippen molar-refractivity contribution in [3.63, 3.8) is 0 Å². The Kier molecular flexibility index (Phi) is 4.01. The van der Waals surface area contributed by atoms with Gasteiger partial charge in [-0.1, -0.05) is 23.7 Å². The van der Waals surface area contributed by atoms with Gasteiger partial charge in [0, 0.05) is 31.3 Å². The van der Waals surface area contributed by atoms with Crippen LogP contribution in [0.2, 0.25) is 5.02 Å². The second-order valence-corrected chi connectivity index (χ2v) is 7.81. The van der Waals surface area contributed by atoms with Crippen LogP contribution in [0.3, 0.4) is 0 Å². The number of carboxylic acids is 1. The molecule has 2 aliphatic rings. The third-order valence-electron chi connectivity index (χ3n) is 5.60. The molecule has 2 N–H and O–H groups in total. The maximum atomic E-state index is 15.1. The van der Waals surface area contributed by atoms with Crippen LogP contribution in [-0.2, 0) is 13.1 Å². The lowest BCUT2D eigenvalue weighted by Crippen LogP contribution is -2.19. The number of hydrogen-bond donors (Lipinski definition) is 2. The molecule has 0 spiro atoms. The van der Waals surface area contributed by atoms with Crippen LogP contribution in [0, 0.1) is 5.82 Å². The summed E-state index contributed by atoms with van der Waals surface area (Å²) in [5.41, 5.74) is 1.58. The summed E-state index contributed by atoms with van der Waals surface area (Å²) in [4.78, 5) is 24.1. The smallest absolute Gasteiger partial charge is 0.341 e. The average molecular weight is 417 g/mol. The normalized spacial score (nSPS) is 20.1. The van der Waals surface area contributed by atoms with Crippen molar-refractivity contribution < 1.29 is 18.7 Å². The zero-order chi connectivity index (χ0) is 20.4. The van der Waals surface area contributed by atoms with E-state index in [4.69, 9.17) is 11.6 Å². The highest BCUT2D eigenvalue weighted by Crippen LogP contribution is 2.44. The van der Waals surface area contributed by atoms with Gasteiger partial charge in [-0.25, -0.2) is 13.6 Å². The number of pyridine rings is 1. The molecule has 5 rings (SSSR count). The van der Waals surface area contributed by atoms with Gasteiger partial charge in [-0.3, -0.25) is 4.79 Å². The standard InChI is InChI=1S/C21H15ClF2N2O3/c22-18-17(9-1-2-10-6-25-7-11(10)3-9)15(24)4-12-19(18)26(16-5-14(16)23)8-13(20(12)27)21(28)29/h1-4,8,14,16,25H,5-7H2,(H,28,29). The van der Waals surface area contributed by atoms with E-state index >= 15 is 4.39 Å². The zero-order valence-electron chi connectivity index (χ0n) is 15.0. The summed E-state index contributed by atoms with van der Waals surface area (Å²) in [7, 11) is 0. The number of carboxylic acid groups (broad SMARTS) is 1. The van der Waals surface area contributed by atoms with E-state index in [1.54, 1.807) is 6.07 Å². The van der Waals surface area contributed by atoms with Crippen LogP contribution in [0.15, 0.2) is 35.3 Å². The molecule has 3 aromatic rings. The number of benzene rings is 2. The molecule has 1 aliphatic heterocycles. The first-order chi connectivity index (χ1) is 13.9. The molecule has 0 bridgehead atoms. The van der Waals surface area contributed by atoms with Gasteiger partial charge in [-0.2, -0.15) is 0 Å². The number of hydrogen-bond acceptors (Lipinski definition) is 3. The SMILES string of the molecule is O=C(O)c1cn(C2CC2F)c2c(Cl)c(-c3ccc4c(c3)CNC4)c(F)cc2c1=O. The minimum Gasteiger partial charge on any atom is -0.477 e. The highest BCUT2D eigenvalue weighted by molar-refractivity contribution is 6.38. The minimum atomic E-state index is -1.45. The predicted octanol–water partition coefficient (Wildman–Crippen LogP) is 4.05. The monoisotopic (exact) mass is 416 g/mol. The molecule has 148 valence electrons. The molecule has 2 aromatic carbocycles. The fraction of sp³-hybridized carbons (Fsp3) is 0.238. The van der Waals surface area contributed by atoms with E-state index in [9.17, 15) is 19.1 Å². The van der Waals surface area contributed by atoms with Crippen molar-refractivity contribution in [3.8, 4) is 11.1 Å². The Balaban J connectivity index is 1.83. The molecule has 0 radical (unpaired) electrons. The van der Waals surface area contributed by atoms with Gasteiger partial charge in [-0.15, -0.1) is 0 Å². The predicted molar refractivity (Wildman–Crippen MR) is 105 cm³/mol. The highest BCUT2D eigenvalue weighted by atomic mass is 35.5. The Bertz CT molecular complexity index is 1270. The van der Waals surface area contributed by atoms with Crippen LogP contribution in [0.4, 0.5) is 8.78 Å². The Morgan fingerprint density at radius 3 is 2.66 bits per heavy atom. The Morgan fingerprint density at radius 2 is 1.97 bits per heavy atom. The Labute approximate surface area is 168 Å². The van der Waals surface area contributed by atoms with E-state index in [2.05, 4.69) is 5.32 Å². The number of aromatic nitrogens is 1. The topological polar surface area (TPSA) is 71.3 Å². The lowest BCUT2D eigenvalue weighted by Gasteiger charge is -2.16. The van der Waals surface area contributed by atoms with Crippen molar-refractivity contribution in [2.45, 2.75) is 31.7 Å². The van der Waals surface area contributed by atoms with Crippen molar-refractivity contribution in [3.05, 3.63) is 68.2 Å². The van der Waals surface area contributed by atoms with Crippen LogP contribution in [0.1, 0.15) is 33.9 Å². The molecule has 8 heteroatoms. The maximum absolute atomic E-state index is 15.1. The van der Waals surface area contributed by atoms with Crippen molar-refractivity contribution in [1.82, 2.24) is 9.88 Å². The maximum Gasteiger partial charge on any atom is 0.341 e. The van der Waals surface area contributed by atoms with E-state index in [0.717, 1.165) is 29.9 Å². The molecule has 0 saturated heterocycles. The van der Waals surface area contributed by atoms with Gasteiger partial charge >= 0.3 is 5.97 Å². The molecule has 5 nitrogen and oxygen atoms in total. The molecular formula is C21H15ClF2N2O3. The fourth-order valence-corrected chi connectivity index (χ4v) is 4.41. The third-order valence-corrected chi connectivity index (χ3v) is 5.97. The van der Waals surface area contributed by atoms with Crippen LogP contribution in [0.25, 0.3) is 22.0 Å². The summed E-state index contributed by atoms with van der Waals surface area (Å²) in [5, 5.41) is 12.4. The fourth-order valence-electron chi connectivity index (χ4n) is 4.01. The van der Waals surface area contributed by atoms with E-state index in [0.29, 0.717) is 12.1 Å². The first kappa shape index (κ1) is 18.3. The largest absolute Gasteiger partial charge is 0.477 e. The number of fused-ring (bicyclic) bond motifs is 2. The molecule has 1 aliphatic carbocycles. The number of carbonyl (C=O) groups is 1.